The molecule has 0 bridgehead atoms. The molecule has 0 saturated heterocycles. The van der Waals surface area contributed by atoms with Crippen molar-refractivity contribution in [3.63, 3.8) is 0 Å². The standard InChI is InChI=1S/C21H10BF10.C9H13.C8H13.Zr/c1-2-3-4-6-8(22)5-7(10-12(23)16(27)20(31)17(28)13(10)24)9(6)11-14(25)18(29)21(32)19(30)15(11)26;1-2-3-6-9-7-4-5-8-9;1-5-7(3)8(4)6-2;/h5H,2-4H2,1H3;4-5,7-8H,2-3,6H2,1H3;5H,1-4H3;/q;2*-1;+2. The Balaban J connectivity index is 0.000000569. The summed E-state index contributed by atoms with van der Waals surface area (Å²) in [5.74, 6) is -23.9. The minimum atomic E-state index is -2.49. The summed E-state index contributed by atoms with van der Waals surface area (Å²) in [5.41, 5.74) is -1.79. The molecular weight excluding hydrogens is 748 g/mol. The van der Waals surface area contributed by atoms with Crippen LogP contribution in [0.4, 0.5) is 43.9 Å². The second-order valence-electron chi connectivity index (χ2n) is 11.1. The van der Waals surface area contributed by atoms with Gasteiger partial charge in [0, 0.05) is 0 Å². The topological polar surface area (TPSA) is 0 Å². The second-order valence-corrected chi connectivity index (χ2v) is 11.1. The Morgan fingerprint density at radius 2 is 1.12 bits per heavy atom. The van der Waals surface area contributed by atoms with Gasteiger partial charge in [0.2, 0.25) is 0 Å². The first-order valence-electron chi connectivity index (χ1n) is 15.6. The summed E-state index contributed by atoms with van der Waals surface area (Å²) in [4.78, 5) is 0. The molecule has 3 aromatic carbocycles. The van der Waals surface area contributed by atoms with Gasteiger partial charge in [-0.05, 0) is 0 Å². The molecule has 0 fully saturated rings. The van der Waals surface area contributed by atoms with Crippen molar-refractivity contribution in [3.8, 4) is 0 Å². The van der Waals surface area contributed by atoms with Crippen LogP contribution >= 0.6 is 0 Å². The first kappa shape index (κ1) is 44.9. The molecule has 0 heterocycles. The van der Waals surface area contributed by atoms with Crippen molar-refractivity contribution >= 4 is 24.1 Å². The van der Waals surface area contributed by atoms with Crippen molar-refractivity contribution in [2.75, 3.05) is 0 Å². The molecule has 1 radical (unpaired) electrons. The van der Waals surface area contributed by atoms with Crippen molar-refractivity contribution in [1.29, 1.82) is 0 Å². The van der Waals surface area contributed by atoms with E-state index in [-0.39, 0.29) is 44.6 Å². The third kappa shape index (κ3) is 10.2. The minimum Gasteiger partial charge on any atom is 2.00 e. The molecule has 0 amide bonds. The van der Waals surface area contributed by atoms with E-state index in [0.29, 0.717) is 12.5 Å². The zero-order valence-corrected chi connectivity index (χ0v) is 31.0. The van der Waals surface area contributed by atoms with Crippen molar-refractivity contribution in [2.24, 2.45) is 0 Å². The van der Waals surface area contributed by atoms with Crippen molar-refractivity contribution < 1.29 is 70.1 Å². The average molecular weight is 785 g/mol. The Labute approximate surface area is 307 Å². The molecule has 0 aromatic heterocycles. The maximum absolute atomic E-state index is 14.6. The zero-order valence-electron chi connectivity index (χ0n) is 28.6. The van der Waals surface area contributed by atoms with E-state index in [2.05, 4.69) is 57.2 Å². The van der Waals surface area contributed by atoms with Crippen LogP contribution in [0.25, 0.3) is 11.1 Å². The molecule has 1 aliphatic carbocycles. The molecule has 0 unspecified atom stereocenters. The van der Waals surface area contributed by atoms with Gasteiger partial charge in [-0.25, -0.2) is 23.3 Å². The molecule has 0 aliphatic heterocycles. The number of hydrogen-bond acceptors (Lipinski definition) is 0. The van der Waals surface area contributed by atoms with Gasteiger partial charge < -0.3 is 0 Å². The van der Waals surface area contributed by atoms with E-state index in [1.165, 1.54) is 36.0 Å². The van der Waals surface area contributed by atoms with E-state index in [9.17, 15) is 43.9 Å². The fourth-order valence-electron chi connectivity index (χ4n) is 4.77. The number of benzene rings is 2. The second kappa shape index (κ2) is 20.7. The molecule has 3 aromatic rings. The average Bonchev–Trinajstić information content (AvgIpc) is 3.73. The van der Waals surface area contributed by atoms with E-state index in [0.717, 1.165) is 0 Å². The van der Waals surface area contributed by atoms with Crippen LogP contribution in [-0.2, 0) is 32.6 Å². The van der Waals surface area contributed by atoms with Gasteiger partial charge in [0.25, 0.3) is 0 Å². The van der Waals surface area contributed by atoms with E-state index >= 15 is 0 Å². The van der Waals surface area contributed by atoms with Crippen molar-refractivity contribution in [2.45, 2.75) is 80.1 Å². The molecule has 4 rings (SSSR count). The van der Waals surface area contributed by atoms with Gasteiger partial charge in [-0.3, -0.25) is 6.08 Å². The van der Waals surface area contributed by atoms with Gasteiger partial charge in [0.1, 0.15) is 0 Å². The van der Waals surface area contributed by atoms with Gasteiger partial charge in [-0.1, -0.05) is 40.0 Å². The Morgan fingerprint density at radius 1 is 0.700 bits per heavy atom. The van der Waals surface area contributed by atoms with Crippen LogP contribution in [0.1, 0.15) is 90.3 Å². The van der Waals surface area contributed by atoms with Gasteiger partial charge in [-0.2, -0.15) is 23.8 Å². The molecule has 1 aliphatic rings. The summed E-state index contributed by atoms with van der Waals surface area (Å²) >= 11 is 0. The predicted octanol–water partition coefficient (Wildman–Crippen LogP) is 11.9. The van der Waals surface area contributed by atoms with E-state index in [1.54, 1.807) is 6.92 Å². The van der Waals surface area contributed by atoms with Gasteiger partial charge in [0.05, 0.1) is 0 Å². The molecule has 0 N–H and O–H groups in total. The van der Waals surface area contributed by atoms with E-state index < -0.39 is 85.9 Å². The number of halogens is 10. The smallest absolute Gasteiger partial charge is 2.00 e. The Morgan fingerprint density at radius 3 is 1.50 bits per heavy atom. The SMILES string of the molecule is CCCC[c-]1cccc1.C[C-]=C(C)C(C)=CC.[B]=C1C=C(c2c(F)c(F)c(F)c(F)c2F)C(c2c(F)c(F)c(F)c(F)c2F)=C1CCCC.[Zr+2]. The molecular formula is C38H36BF10Zr. The normalized spacial score (nSPS) is 13.0. The number of rotatable bonds is 9. The summed E-state index contributed by atoms with van der Waals surface area (Å²) in [5, 5.41) is 0. The number of hydrogen-bond donors (Lipinski definition) is 0. The maximum Gasteiger partial charge on any atom is 2.00 e. The minimum absolute atomic E-state index is 0. The van der Waals surface area contributed by atoms with Gasteiger partial charge in [-0.15, -0.1) is 13.8 Å². The summed E-state index contributed by atoms with van der Waals surface area (Å²) in [6, 6.07) is 8.58. The number of unbranched alkanes of at least 4 members (excludes halogenated alkanes) is 2. The van der Waals surface area contributed by atoms with Crippen LogP contribution in [0.3, 0.4) is 0 Å². The zero-order chi connectivity index (χ0) is 37.2. The van der Waals surface area contributed by atoms with E-state index in [4.69, 9.17) is 7.49 Å². The Kier molecular flexibility index (Phi) is 18.5. The van der Waals surface area contributed by atoms with Gasteiger partial charge >= 0.3 is 201 Å². The number of allylic oxidation sites excluding steroid dienone is 8. The Hall–Kier alpha value is -3.13. The molecule has 12 heteroatoms. The Bertz CT molecular complexity index is 1710. The van der Waals surface area contributed by atoms with Crippen LogP contribution in [0.5, 0.6) is 0 Å². The molecule has 0 spiro atoms. The number of aryl methyl sites for hydroxylation is 1. The molecule has 50 heavy (non-hydrogen) atoms. The monoisotopic (exact) mass is 783 g/mol. The van der Waals surface area contributed by atoms with Crippen molar-refractivity contribution in [3.05, 3.63) is 134 Å². The summed E-state index contributed by atoms with van der Waals surface area (Å²) < 4.78 is 140. The molecule has 265 valence electrons. The third-order valence-corrected chi connectivity index (χ3v) is 7.89. The maximum atomic E-state index is 14.6. The van der Waals surface area contributed by atoms with Crippen LogP contribution in [0.2, 0.25) is 0 Å². The fourth-order valence-corrected chi connectivity index (χ4v) is 4.77. The molecule has 0 saturated carbocycles. The summed E-state index contributed by atoms with van der Waals surface area (Å²) in [7, 11) is 5.76. The van der Waals surface area contributed by atoms with Crippen LogP contribution in [0.15, 0.2) is 53.1 Å². The van der Waals surface area contributed by atoms with Crippen LogP contribution in [0, 0.1) is 64.2 Å². The quantitative estimate of drug-likeness (QED) is 0.0506. The van der Waals surface area contributed by atoms with Gasteiger partial charge in [0.15, 0.2) is 0 Å². The van der Waals surface area contributed by atoms with Crippen molar-refractivity contribution in [1.82, 2.24) is 0 Å². The van der Waals surface area contributed by atoms with E-state index in [1.807, 2.05) is 13.8 Å². The largest absolute Gasteiger partial charge is 2.00 e. The summed E-state index contributed by atoms with van der Waals surface area (Å²) in [6.45, 7) is 12.0. The predicted molar refractivity (Wildman–Crippen MR) is 176 cm³/mol. The molecule has 0 atom stereocenters. The first-order valence-corrected chi connectivity index (χ1v) is 15.6. The van der Waals surface area contributed by atoms with Crippen LogP contribution in [-0.4, -0.2) is 13.0 Å². The third-order valence-electron chi connectivity index (χ3n) is 7.89. The summed E-state index contributed by atoms with van der Waals surface area (Å²) in [6.07, 6.45) is 10.3. The van der Waals surface area contributed by atoms with Crippen LogP contribution < -0.4 is 0 Å². The fraction of sp³-hybridized carbons (Fsp3) is 0.316. The first-order chi connectivity index (χ1) is 23.1. The molecule has 0 nitrogen and oxygen atoms in total.